The largest absolute Gasteiger partial charge is 0.378 e. The molecule has 3 atom stereocenters. The average Bonchev–Trinajstić information content (AvgIpc) is 2.95. The van der Waals surface area contributed by atoms with E-state index in [0.717, 1.165) is 25.9 Å². The Morgan fingerprint density at radius 2 is 2.07 bits per heavy atom. The molecule has 2 heterocycles. The van der Waals surface area contributed by atoms with Crippen LogP contribution in [0.25, 0.3) is 0 Å². The summed E-state index contributed by atoms with van der Waals surface area (Å²) in [6, 6.07) is 8.70. The maximum Gasteiger partial charge on any atom is 0.322 e. The maximum absolute atomic E-state index is 12.4. The third kappa shape index (κ3) is 4.69. The Kier molecular flexibility index (Phi) is 6.31. The zero-order valence-corrected chi connectivity index (χ0v) is 16.4. The number of hydrogen-bond donors (Lipinski definition) is 3. The number of nitrogens with zero attached hydrogens (tertiary/aromatic N) is 1. The normalized spacial score (nSPS) is 27.9. The molecule has 3 rings (SSSR count). The molecule has 2 fully saturated rings. The molecule has 0 radical (unpaired) electrons. The van der Waals surface area contributed by atoms with Crippen LogP contribution in [-0.2, 0) is 9.53 Å². The van der Waals surface area contributed by atoms with E-state index in [9.17, 15) is 14.4 Å². The van der Waals surface area contributed by atoms with Crippen molar-refractivity contribution in [2.45, 2.75) is 43.9 Å². The van der Waals surface area contributed by atoms with Crippen LogP contribution < -0.4 is 16.0 Å². The molecule has 2 aliphatic rings. The molecule has 0 bridgehead atoms. The first kappa shape index (κ1) is 20.3. The second-order valence-corrected chi connectivity index (χ2v) is 7.65. The summed E-state index contributed by atoms with van der Waals surface area (Å²) in [5.41, 5.74) is -0.190. The molecule has 8 heteroatoms. The molecule has 0 saturated carbocycles. The molecule has 1 aromatic carbocycles. The predicted octanol–water partition coefficient (Wildman–Crippen LogP) is 0.884. The maximum atomic E-state index is 12.4. The van der Waals surface area contributed by atoms with Crippen molar-refractivity contribution in [3.63, 3.8) is 0 Å². The fourth-order valence-electron chi connectivity index (χ4n) is 3.84. The van der Waals surface area contributed by atoms with Crippen molar-refractivity contribution in [2.24, 2.45) is 0 Å². The van der Waals surface area contributed by atoms with Crippen LogP contribution in [0.15, 0.2) is 30.3 Å². The fraction of sp³-hybridized carbons (Fsp3) is 0.550. The van der Waals surface area contributed by atoms with Crippen LogP contribution in [0.5, 0.6) is 0 Å². The predicted molar refractivity (Wildman–Crippen MR) is 104 cm³/mol. The summed E-state index contributed by atoms with van der Waals surface area (Å²) in [6.07, 6.45) is 2.06. The highest BCUT2D eigenvalue weighted by Crippen LogP contribution is 2.19. The average molecular weight is 388 g/mol. The standard InChI is InChI=1S/C20H28N4O4/c1-20(18(26)22-19(27)23-20)10-6-11-24-12-9-15(16(13-24)28-2)21-17(25)14-7-4-3-5-8-14/h3-5,7-8,15-16H,6,9-13H2,1-2H3,(H,21,25)(H2,22,23,26,27). The van der Waals surface area contributed by atoms with E-state index in [1.54, 1.807) is 26.2 Å². The number of nitrogens with one attached hydrogen (secondary N) is 3. The molecule has 28 heavy (non-hydrogen) atoms. The highest BCUT2D eigenvalue weighted by molar-refractivity contribution is 6.06. The number of rotatable bonds is 7. The molecule has 1 aromatic rings. The van der Waals surface area contributed by atoms with E-state index in [1.807, 2.05) is 18.2 Å². The number of ether oxygens (including phenoxy) is 1. The van der Waals surface area contributed by atoms with Gasteiger partial charge >= 0.3 is 6.03 Å². The summed E-state index contributed by atoms with van der Waals surface area (Å²) < 4.78 is 5.62. The summed E-state index contributed by atoms with van der Waals surface area (Å²) in [4.78, 5) is 37.9. The number of hydrogen-bond acceptors (Lipinski definition) is 5. The lowest BCUT2D eigenvalue weighted by Crippen LogP contribution is -2.55. The smallest absolute Gasteiger partial charge is 0.322 e. The fourth-order valence-corrected chi connectivity index (χ4v) is 3.84. The lowest BCUT2D eigenvalue weighted by molar-refractivity contribution is -0.123. The second-order valence-electron chi connectivity index (χ2n) is 7.65. The Labute approximate surface area is 165 Å². The minimum Gasteiger partial charge on any atom is -0.378 e. The Balaban J connectivity index is 1.47. The van der Waals surface area contributed by atoms with Crippen molar-refractivity contribution >= 4 is 17.8 Å². The SMILES string of the molecule is COC1CN(CCCC2(C)NC(=O)NC2=O)CCC1NC(=O)c1ccccc1. The number of urea groups is 1. The monoisotopic (exact) mass is 388 g/mol. The third-order valence-electron chi connectivity index (χ3n) is 5.57. The van der Waals surface area contributed by atoms with Crippen LogP contribution in [0.4, 0.5) is 4.79 Å². The number of amides is 4. The summed E-state index contributed by atoms with van der Waals surface area (Å²) in [6.45, 7) is 4.11. The first-order chi connectivity index (χ1) is 13.4. The highest BCUT2D eigenvalue weighted by Gasteiger charge is 2.41. The van der Waals surface area contributed by atoms with E-state index in [0.29, 0.717) is 18.5 Å². The van der Waals surface area contributed by atoms with Gasteiger partial charge in [0.25, 0.3) is 11.8 Å². The minimum atomic E-state index is -0.834. The van der Waals surface area contributed by atoms with E-state index in [4.69, 9.17) is 4.74 Å². The van der Waals surface area contributed by atoms with Crippen molar-refractivity contribution in [2.75, 3.05) is 26.7 Å². The van der Waals surface area contributed by atoms with Gasteiger partial charge in [0, 0.05) is 25.8 Å². The first-order valence-electron chi connectivity index (χ1n) is 9.66. The molecule has 2 saturated heterocycles. The molecular formula is C20H28N4O4. The van der Waals surface area contributed by atoms with Gasteiger partial charge < -0.3 is 20.3 Å². The Hall–Kier alpha value is -2.45. The summed E-state index contributed by atoms with van der Waals surface area (Å²) >= 11 is 0. The van der Waals surface area contributed by atoms with Gasteiger partial charge in [-0.3, -0.25) is 14.9 Å². The van der Waals surface area contributed by atoms with E-state index in [2.05, 4.69) is 20.9 Å². The minimum absolute atomic E-state index is 0.0358. The van der Waals surface area contributed by atoms with Crippen LogP contribution in [0.1, 0.15) is 36.5 Å². The molecular weight excluding hydrogens is 360 g/mol. The van der Waals surface area contributed by atoms with Crippen LogP contribution in [0, 0.1) is 0 Å². The van der Waals surface area contributed by atoms with E-state index < -0.39 is 11.6 Å². The first-order valence-corrected chi connectivity index (χ1v) is 9.66. The number of piperidine rings is 1. The van der Waals surface area contributed by atoms with Crippen molar-refractivity contribution in [3.8, 4) is 0 Å². The van der Waals surface area contributed by atoms with Crippen molar-refractivity contribution in [1.82, 2.24) is 20.9 Å². The van der Waals surface area contributed by atoms with Gasteiger partial charge in [0.05, 0.1) is 12.1 Å². The van der Waals surface area contributed by atoms with Gasteiger partial charge in [0.2, 0.25) is 0 Å². The quantitative estimate of drug-likeness (QED) is 0.603. The molecule has 8 nitrogen and oxygen atoms in total. The van der Waals surface area contributed by atoms with Crippen LogP contribution in [-0.4, -0.2) is 67.2 Å². The second kappa shape index (κ2) is 8.70. The third-order valence-corrected chi connectivity index (χ3v) is 5.57. The van der Waals surface area contributed by atoms with Crippen molar-refractivity contribution < 1.29 is 19.1 Å². The van der Waals surface area contributed by atoms with E-state index >= 15 is 0 Å². The molecule has 0 spiro atoms. The molecule has 3 N–H and O–H groups in total. The molecule has 0 aliphatic carbocycles. The van der Waals surface area contributed by atoms with Crippen molar-refractivity contribution in [1.29, 1.82) is 0 Å². The van der Waals surface area contributed by atoms with E-state index in [-0.39, 0.29) is 24.0 Å². The van der Waals surface area contributed by atoms with Crippen LogP contribution >= 0.6 is 0 Å². The number of imide groups is 1. The molecule has 152 valence electrons. The number of methoxy groups -OCH3 is 1. The highest BCUT2D eigenvalue weighted by atomic mass is 16.5. The molecule has 4 amide bonds. The van der Waals surface area contributed by atoms with Gasteiger partial charge in [-0.2, -0.15) is 0 Å². The number of likely N-dealkylation sites (tertiary alicyclic amines) is 1. The number of carbonyl (C=O) groups is 3. The lowest BCUT2D eigenvalue weighted by atomic mass is 9.95. The van der Waals surface area contributed by atoms with Gasteiger partial charge in [0.1, 0.15) is 5.54 Å². The van der Waals surface area contributed by atoms with Gasteiger partial charge in [-0.05, 0) is 44.9 Å². The Morgan fingerprint density at radius 1 is 1.32 bits per heavy atom. The number of carbonyl (C=O) groups excluding carboxylic acids is 3. The van der Waals surface area contributed by atoms with Gasteiger partial charge in [-0.25, -0.2) is 4.79 Å². The van der Waals surface area contributed by atoms with Crippen molar-refractivity contribution in [3.05, 3.63) is 35.9 Å². The zero-order chi connectivity index (χ0) is 20.1. The molecule has 0 aromatic heterocycles. The Bertz CT molecular complexity index is 726. The lowest BCUT2D eigenvalue weighted by Gasteiger charge is -2.38. The molecule has 3 unspecified atom stereocenters. The number of benzene rings is 1. The van der Waals surface area contributed by atoms with E-state index in [1.165, 1.54) is 0 Å². The van der Waals surface area contributed by atoms with Crippen LogP contribution in [0.2, 0.25) is 0 Å². The summed E-state index contributed by atoms with van der Waals surface area (Å²) in [5, 5.41) is 8.06. The summed E-state index contributed by atoms with van der Waals surface area (Å²) in [5.74, 6) is -0.355. The Morgan fingerprint density at radius 3 is 2.71 bits per heavy atom. The zero-order valence-electron chi connectivity index (χ0n) is 16.4. The van der Waals surface area contributed by atoms with Gasteiger partial charge in [0.15, 0.2) is 0 Å². The molecule has 2 aliphatic heterocycles. The van der Waals surface area contributed by atoms with Gasteiger partial charge in [-0.15, -0.1) is 0 Å². The summed E-state index contributed by atoms with van der Waals surface area (Å²) in [7, 11) is 1.66. The van der Waals surface area contributed by atoms with Crippen LogP contribution in [0.3, 0.4) is 0 Å². The van der Waals surface area contributed by atoms with Gasteiger partial charge in [-0.1, -0.05) is 18.2 Å². The topological polar surface area (TPSA) is 99.8 Å².